The van der Waals surface area contributed by atoms with Crippen LogP contribution >= 0.6 is 0 Å². The van der Waals surface area contributed by atoms with Crippen LogP contribution in [0.15, 0.2) is 41.6 Å². The van der Waals surface area contributed by atoms with Gasteiger partial charge in [-0.2, -0.15) is 0 Å². The largest absolute Gasteiger partial charge is 0.478 e. The lowest BCUT2D eigenvalue weighted by atomic mass is 9.88. The lowest BCUT2D eigenvalue weighted by molar-refractivity contribution is -0.120. The summed E-state index contributed by atoms with van der Waals surface area (Å²) < 4.78 is 32.4. The molecule has 1 saturated carbocycles. The molecule has 1 aliphatic rings. The lowest BCUT2D eigenvalue weighted by Gasteiger charge is -2.20. The fourth-order valence-electron chi connectivity index (χ4n) is 3.06. The van der Waals surface area contributed by atoms with Crippen molar-refractivity contribution >= 4 is 27.4 Å². The van der Waals surface area contributed by atoms with Gasteiger partial charge in [-0.3, -0.25) is 9.52 Å². The van der Waals surface area contributed by atoms with Crippen molar-refractivity contribution in [2.24, 2.45) is 5.92 Å². The van der Waals surface area contributed by atoms with E-state index in [9.17, 15) is 13.2 Å². The summed E-state index contributed by atoms with van der Waals surface area (Å²) in [4.78, 5) is 20.2. The molecule has 144 valence electrons. The summed E-state index contributed by atoms with van der Waals surface area (Å²) >= 11 is 0. The Morgan fingerprint density at radius 3 is 2.41 bits per heavy atom. The van der Waals surface area contributed by atoms with E-state index in [2.05, 4.69) is 20.0 Å². The standard InChI is InChI=1S/C18H22N4O4S/c1-26-18-16(19-11-12-20-18)22-27(24,25)15-9-7-14(8-10-15)21-17(23)13-5-3-2-4-6-13/h7-13H,2-6H2,1H3,(H,19,22)(H,21,23). The number of carbonyl (C=O) groups excluding carboxylic acids is 1. The molecule has 27 heavy (non-hydrogen) atoms. The first-order valence-electron chi connectivity index (χ1n) is 8.78. The first kappa shape index (κ1) is 19.1. The first-order chi connectivity index (χ1) is 13.0. The Morgan fingerprint density at radius 1 is 1.07 bits per heavy atom. The molecule has 0 spiro atoms. The number of hydrogen-bond donors (Lipinski definition) is 2. The van der Waals surface area contributed by atoms with Crippen molar-refractivity contribution in [2.45, 2.75) is 37.0 Å². The van der Waals surface area contributed by atoms with Crippen LogP contribution in [0, 0.1) is 5.92 Å². The molecule has 1 aromatic carbocycles. The number of amides is 1. The van der Waals surface area contributed by atoms with Gasteiger partial charge in [-0.05, 0) is 37.1 Å². The number of hydrogen-bond acceptors (Lipinski definition) is 6. The molecule has 1 amide bonds. The molecular formula is C18H22N4O4S. The van der Waals surface area contributed by atoms with Crippen molar-refractivity contribution in [3.05, 3.63) is 36.7 Å². The molecule has 1 aliphatic carbocycles. The van der Waals surface area contributed by atoms with Crippen LogP contribution in [0.3, 0.4) is 0 Å². The minimum atomic E-state index is -3.86. The Kier molecular flexibility index (Phi) is 5.90. The zero-order valence-corrected chi connectivity index (χ0v) is 15.8. The molecular weight excluding hydrogens is 368 g/mol. The van der Waals surface area contributed by atoms with Gasteiger partial charge in [-0.15, -0.1) is 0 Å². The summed E-state index contributed by atoms with van der Waals surface area (Å²) in [7, 11) is -2.48. The Bertz CT molecular complexity index is 894. The van der Waals surface area contributed by atoms with Crippen LogP contribution in [0.2, 0.25) is 0 Å². The Labute approximate surface area is 158 Å². The maximum atomic E-state index is 12.5. The number of sulfonamides is 1. The third-order valence-electron chi connectivity index (χ3n) is 4.50. The molecule has 2 N–H and O–H groups in total. The number of ether oxygens (including phenoxy) is 1. The summed E-state index contributed by atoms with van der Waals surface area (Å²) in [6.07, 6.45) is 7.91. The highest BCUT2D eigenvalue weighted by Crippen LogP contribution is 2.26. The van der Waals surface area contributed by atoms with Gasteiger partial charge in [0.15, 0.2) is 0 Å². The van der Waals surface area contributed by atoms with Crippen LogP contribution < -0.4 is 14.8 Å². The number of aromatic nitrogens is 2. The Balaban J connectivity index is 1.69. The van der Waals surface area contributed by atoms with Gasteiger partial charge in [0, 0.05) is 24.0 Å². The summed E-state index contributed by atoms with van der Waals surface area (Å²) in [5.74, 6) is 0.118. The van der Waals surface area contributed by atoms with Crippen molar-refractivity contribution in [3.63, 3.8) is 0 Å². The molecule has 0 atom stereocenters. The average molecular weight is 390 g/mol. The number of nitrogens with zero attached hydrogens (tertiary/aromatic N) is 2. The highest BCUT2D eigenvalue weighted by Gasteiger charge is 2.22. The summed E-state index contributed by atoms with van der Waals surface area (Å²) in [6, 6.07) is 6.01. The van der Waals surface area contributed by atoms with E-state index in [-0.39, 0.29) is 28.4 Å². The summed E-state index contributed by atoms with van der Waals surface area (Å²) in [5, 5.41) is 2.86. The fraction of sp³-hybridized carbons (Fsp3) is 0.389. The highest BCUT2D eigenvalue weighted by molar-refractivity contribution is 7.92. The number of nitrogens with one attached hydrogen (secondary N) is 2. The van der Waals surface area contributed by atoms with E-state index < -0.39 is 10.0 Å². The van der Waals surface area contributed by atoms with Gasteiger partial charge in [0.1, 0.15) is 0 Å². The number of anilines is 2. The Hall–Kier alpha value is -2.68. The summed E-state index contributed by atoms with van der Waals surface area (Å²) in [5.41, 5.74) is 0.571. The van der Waals surface area contributed by atoms with Gasteiger partial charge in [-0.25, -0.2) is 18.4 Å². The van der Waals surface area contributed by atoms with E-state index in [0.717, 1.165) is 25.7 Å². The van der Waals surface area contributed by atoms with Crippen LogP contribution in [-0.4, -0.2) is 31.4 Å². The third kappa shape index (κ3) is 4.73. The van der Waals surface area contributed by atoms with Gasteiger partial charge in [0.2, 0.25) is 11.7 Å². The van der Waals surface area contributed by atoms with E-state index in [4.69, 9.17) is 4.74 Å². The predicted molar refractivity (Wildman–Crippen MR) is 101 cm³/mol. The zero-order valence-electron chi connectivity index (χ0n) is 15.0. The van der Waals surface area contributed by atoms with E-state index in [1.54, 1.807) is 12.1 Å². The Morgan fingerprint density at radius 2 is 1.74 bits per heavy atom. The van der Waals surface area contributed by atoms with Crippen LogP contribution in [0.5, 0.6) is 5.88 Å². The lowest BCUT2D eigenvalue weighted by Crippen LogP contribution is -2.24. The molecule has 1 aromatic heterocycles. The molecule has 1 heterocycles. The van der Waals surface area contributed by atoms with E-state index in [1.807, 2.05) is 0 Å². The molecule has 2 aromatic rings. The smallest absolute Gasteiger partial charge is 0.263 e. The number of rotatable bonds is 6. The van der Waals surface area contributed by atoms with Crippen molar-refractivity contribution in [1.29, 1.82) is 0 Å². The number of methoxy groups -OCH3 is 1. The molecule has 0 unspecified atom stereocenters. The molecule has 0 bridgehead atoms. The monoisotopic (exact) mass is 390 g/mol. The van der Waals surface area contributed by atoms with Crippen LogP contribution in [-0.2, 0) is 14.8 Å². The maximum absolute atomic E-state index is 12.5. The van der Waals surface area contributed by atoms with Crippen molar-refractivity contribution in [3.8, 4) is 5.88 Å². The van der Waals surface area contributed by atoms with Crippen LogP contribution in [0.1, 0.15) is 32.1 Å². The predicted octanol–water partition coefficient (Wildman–Crippen LogP) is 2.80. The second-order valence-corrected chi connectivity index (χ2v) is 8.05. The van der Waals surface area contributed by atoms with E-state index in [0.29, 0.717) is 5.69 Å². The van der Waals surface area contributed by atoms with Gasteiger partial charge >= 0.3 is 0 Å². The SMILES string of the molecule is COc1nccnc1NS(=O)(=O)c1ccc(NC(=O)C2CCCCC2)cc1. The second kappa shape index (κ2) is 8.34. The molecule has 0 saturated heterocycles. The van der Waals surface area contributed by atoms with Crippen molar-refractivity contribution < 1.29 is 17.9 Å². The molecule has 0 aliphatic heterocycles. The van der Waals surface area contributed by atoms with E-state index >= 15 is 0 Å². The van der Waals surface area contributed by atoms with Gasteiger partial charge in [-0.1, -0.05) is 19.3 Å². The average Bonchev–Trinajstić information content (AvgIpc) is 2.69. The quantitative estimate of drug-likeness (QED) is 0.785. The molecule has 0 radical (unpaired) electrons. The van der Waals surface area contributed by atoms with Crippen LogP contribution in [0.4, 0.5) is 11.5 Å². The minimum Gasteiger partial charge on any atom is -0.478 e. The first-order valence-corrected chi connectivity index (χ1v) is 10.3. The highest BCUT2D eigenvalue weighted by atomic mass is 32.2. The van der Waals surface area contributed by atoms with Crippen molar-refractivity contribution in [2.75, 3.05) is 17.1 Å². The van der Waals surface area contributed by atoms with Gasteiger partial charge < -0.3 is 10.1 Å². The van der Waals surface area contributed by atoms with Crippen LogP contribution in [0.25, 0.3) is 0 Å². The fourth-order valence-corrected chi connectivity index (χ4v) is 4.06. The molecule has 8 nitrogen and oxygen atoms in total. The minimum absolute atomic E-state index is 0.00673. The number of carbonyl (C=O) groups is 1. The normalized spacial score (nSPS) is 15.1. The van der Waals surface area contributed by atoms with Gasteiger partial charge in [0.05, 0.1) is 12.0 Å². The molecule has 9 heteroatoms. The zero-order chi connectivity index (χ0) is 19.3. The van der Waals surface area contributed by atoms with Gasteiger partial charge in [0.25, 0.3) is 15.9 Å². The van der Waals surface area contributed by atoms with E-state index in [1.165, 1.54) is 38.1 Å². The molecule has 3 rings (SSSR count). The second-order valence-electron chi connectivity index (χ2n) is 6.37. The summed E-state index contributed by atoms with van der Waals surface area (Å²) in [6.45, 7) is 0. The number of benzene rings is 1. The topological polar surface area (TPSA) is 110 Å². The molecule has 1 fully saturated rings. The van der Waals surface area contributed by atoms with Crippen molar-refractivity contribution in [1.82, 2.24) is 9.97 Å². The maximum Gasteiger partial charge on any atom is 0.263 e. The third-order valence-corrected chi connectivity index (χ3v) is 5.85.